The van der Waals surface area contributed by atoms with Gasteiger partial charge < -0.3 is 11.1 Å². The summed E-state index contributed by atoms with van der Waals surface area (Å²) in [5.41, 5.74) is 5.38. The van der Waals surface area contributed by atoms with Crippen molar-refractivity contribution >= 4 is 11.6 Å². The second-order valence-corrected chi connectivity index (χ2v) is 3.24. The minimum atomic E-state index is -0.834. The van der Waals surface area contributed by atoms with Gasteiger partial charge in [-0.2, -0.15) is 0 Å². The van der Waals surface area contributed by atoms with Gasteiger partial charge in [-0.25, -0.2) is 8.78 Å². The quantitative estimate of drug-likeness (QED) is 0.769. The van der Waals surface area contributed by atoms with Crippen molar-refractivity contribution in [1.29, 1.82) is 0 Å². The molecule has 0 saturated heterocycles. The first-order valence-corrected chi connectivity index (χ1v) is 4.67. The van der Waals surface area contributed by atoms with Crippen LogP contribution in [-0.4, -0.2) is 11.9 Å². The van der Waals surface area contributed by atoms with E-state index in [1.54, 1.807) is 0 Å². The van der Waals surface area contributed by atoms with Gasteiger partial charge in [-0.3, -0.25) is 4.79 Å². The third-order valence-corrected chi connectivity index (χ3v) is 1.95. The monoisotopic (exact) mass is 226 g/mol. The number of carbonyl (C=O) groups excluding carboxylic acids is 1. The maximum absolute atomic E-state index is 13.1. The maximum atomic E-state index is 13.1. The average molecular weight is 226 g/mol. The molecule has 0 aliphatic rings. The highest BCUT2D eigenvalue weighted by atomic mass is 19.1. The van der Waals surface area contributed by atoms with Gasteiger partial charge in [0, 0.05) is 6.07 Å². The number of hydrogen-bond donors (Lipinski definition) is 2. The molecule has 16 heavy (non-hydrogen) atoms. The summed E-state index contributed by atoms with van der Waals surface area (Å²) in [6.07, 6.45) is 1.78. The van der Waals surface area contributed by atoms with Gasteiger partial charge in [-0.15, -0.1) is 6.58 Å². The molecular formula is C11H12F2N2O. The van der Waals surface area contributed by atoms with Crippen LogP contribution >= 0.6 is 0 Å². The van der Waals surface area contributed by atoms with Crippen LogP contribution in [0.1, 0.15) is 6.42 Å². The Labute approximate surface area is 91.9 Å². The predicted octanol–water partition coefficient (Wildman–Crippen LogP) is 1.81. The van der Waals surface area contributed by atoms with Gasteiger partial charge in [0.2, 0.25) is 5.91 Å². The Hall–Kier alpha value is -1.75. The maximum Gasteiger partial charge on any atom is 0.241 e. The van der Waals surface area contributed by atoms with E-state index < -0.39 is 23.6 Å². The summed E-state index contributed by atoms with van der Waals surface area (Å²) in [5.74, 6) is -2.07. The Kier molecular flexibility index (Phi) is 4.13. The SMILES string of the molecule is C=CCC(N)C(=O)Nc1ccc(F)cc1F. The fraction of sp³-hybridized carbons (Fsp3) is 0.182. The zero-order valence-corrected chi connectivity index (χ0v) is 8.54. The summed E-state index contributed by atoms with van der Waals surface area (Å²) in [7, 11) is 0. The van der Waals surface area contributed by atoms with Crippen LogP contribution in [0.5, 0.6) is 0 Å². The summed E-state index contributed by atoms with van der Waals surface area (Å²) in [6, 6.07) is 2.09. The van der Waals surface area contributed by atoms with Crippen LogP contribution in [0.3, 0.4) is 0 Å². The molecule has 0 heterocycles. The zero-order valence-electron chi connectivity index (χ0n) is 8.54. The van der Waals surface area contributed by atoms with Crippen molar-refractivity contribution in [3.63, 3.8) is 0 Å². The van der Waals surface area contributed by atoms with Gasteiger partial charge in [-0.05, 0) is 18.6 Å². The van der Waals surface area contributed by atoms with E-state index in [1.807, 2.05) is 0 Å². The van der Waals surface area contributed by atoms with Crippen LogP contribution < -0.4 is 11.1 Å². The van der Waals surface area contributed by atoms with Gasteiger partial charge in [0.05, 0.1) is 11.7 Å². The first-order valence-electron chi connectivity index (χ1n) is 4.67. The Balaban J connectivity index is 2.73. The lowest BCUT2D eigenvalue weighted by Crippen LogP contribution is -2.35. The van der Waals surface area contributed by atoms with E-state index in [4.69, 9.17) is 5.73 Å². The van der Waals surface area contributed by atoms with Crippen molar-refractivity contribution in [2.45, 2.75) is 12.5 Å². The lowest BCUT2D eigenvalue weighted by Gasteiger charge is -2.10. The molecule has 1 aromatic rings. The lowest BCUT2D eigenvalue weighted by molar-refractivity contribution is -0.117. The molecule has 1 amide bonds. The third-order valence-electron chi connectivity index (χ3n) is 1.95. The number of halogens is 2. The second-order valence-electron chi connectivity index (χ2n) is 3.24. The lowest BCUT2D eigenvalue weighted by atomic mass is 10.2. The minimum absolute atomic E-state index is 0.0917. The van der Waals surface area contributed by atoms with Crippen molar-refractivity contribution < 1.29 is 13.6 Å². The molecule has 3 N–H and O–H groups in total. The molecule has 1 unspecified atom stereocenters. The highest BCUT2D eigenvalue weighted by Crippen LogP contribution is 2.15. The summed E-state index contributed by atoms with van der Waals surface area (Å²) in [6.45, 7) is 3.44. The van der Waals surface area contributed by atoms with E-state index in [0.717, 1.165) is 12.1 Å². The van der Waals surface area contributed by atoms with Gasteiger partial charge in [0.25, 0.3) is 0 Å². The molecule has 0 saturated carbocycles. The largest absolute Gasteiger partial charge is 0.322 e. The van der Waals surface area contributed by atoms with Crippen molar-refractivity contribution in [2.75, 3.05) is 5.32 Å². The molecule has 86 valence electrons. The van der Waals surface area contributed by atoms with Crippen molar-refractivity contribution in [3.05, 3.63) is 42.5 Å². The standard InChI is InChI=1S/C11H12F2N2O/c1-2-3-9(14)11(16)15-10-5-4-7(12)6-8(10)13/h2,4-6,9H,1,3,14H2,(H,15,16). The molecule has 0 spiro atoms. The molecule has 0 bridgehead atoms. The Morgan fingerprint density at radius 3 is 2.81 bits per heavy atom. The van der Waals surface area contributed by atoms with Crippen LogP contribution in [0.25, 0.3) is 0 Å². The normalized spacial score (nSPS) is 11.9. The molecule has 0 aliphatic heterocycles. The Morgan fingerprint density at radius 1 is 1.56 bits per heavy atom. The van der Waals surface area contributed by atoms with E-state index in [9.17, 15) is 13.6 Å². The highest BCUT2D eigenvalue weighted by Gasteiger charge is 2.13. The summed E-state index contributed by atoms with van der Waals surface area (Å²) < 4.78 is 25.7. The molecule has 0 aromatic heterocycles. The fourth-order valence-corrected chi connectivity index (χ4v) is 1.10. The predicted molar refractivity (Wildman–Crippen MR) is 57.8 cm³/mol. The van der Waals surface area contributed by atoms with Crippen molar-refractivity contribution in [1.82, 2.24) is 0 Å². The van der Waals surface area contributed by atoms with Crippen LogP contribution in [0.15, 0.2) is 30.9 Å². The molecule has 0 radical (unpaired) electrons. The first-order chi connectivity index (χ1) is 7.54. The summed E-state index contributed by atoms with van der Waals surface area (Å²) >= 11 is 0. The molecule has 1 rings (SSSR count). The smallest absolute Gasteiger partial charge is 0.241 e. The topological polar surface area (TPSA) is 55.1 Å². The summed E-state index contributed by atoms with van der Waals surface area (Å²) in [4.78, 5) is 11.4. The van der Waals surface area contributed by atoms with Crippen LogP contribution in [0.4, 0.5) is 14.5 Å². The van der Waals surface area contributed by atoms with Crippen LogP contribution in [0, 0.1) is 11.6 Å². The number of rotatable bonds is 4. The van der Waals surface area contributed by atoms with E-state index in [2.05, 4.69) is 11.9 Å². The molecule has 0 aliphatic carbocycles. The van der Waals surface area contributed by atoms with Crippen LogP contribution in [-0.2, 0) is 4.79 Å². The fourth-order valence-electron chi connectivity index (χ4n) is 1.10. The van der Waals surface area contributed by atoms with Gasteiger partial charge in [0.1, 0.15) is 11.6 Å². The van der Waals surface area contributed by atoms with E-state index >= 15 is 0 Å². The van der Waals surface area contributed by atoms with Gasteiger partial charge in [0.15, 0.2) is 0 Å². The molecular weight excluding hydrogens is 214 g/mol. The zero-order chi connectivity index (χ0) is 12.1. The number of carbonyl (C=O) groups is 1. The first kappa shape index (κ1) is 12.3. The molecule has 3 nitrogen and oxygen atoms in total. The summed E-state index contributed by atoms with van der Waals surface area (Å²) in [5, 5.41) is 2.27. The van der Waals surface area contributed by atoms with Crippen molar-refractivity contribution in [3.8, 4) is 0 Å². The Bertz CT molecular complexity index is 407. The van der Waals surface area contributed by atoms with Gasteiger partial charge >= 0.3 is 0 Å². The number of benzene rings is 1. The molecule has 1 atom stereocenters. The van der Waals surface area contributed by atoms with Crippen LogP contribution in [0.2, 0.25) is 0 Å². The number of hydrogen-bond acceptors (Lipinski definition) is 2. The number of nitrogens with one attached hydrogen (secondary N) is 1. The average Bonchev–Trinajstić information content (AvgIpc) is 2.22. The second kappa shape index (κ2) is 5.37. The highest BCUT2D eigenvalue weighted by molar-refractivity contribution is 5.94. The molecule has 1 aromatic carbocycles. The number of nitrogens with two attached hydrogens (primary N) is 1. The number of anilines is 1. The van der Waals surface area contributed by atoms with Crippen molar-refractivity contribution in [2.24, 2.45) is 5.73 Å². The molecule has 0 fully saturated rings. The minimum Gasteiger partial charge on any atom is -0.322 e. The van der Waals surface area contributed by atoms with E-state index in [1.165, 1.54) is 6.08 Å². The third kappa shape index (κ3) is 3.13. The van der Waals surface area contributed by atoms with E-state index in [-0.39, 0.29) is 12.1 Å². The Morgan fingerprint density at radius 2 is 2.25 bits per heavy atom. The number of amides is 1. The molecule has 5 heteroatoms. The van der Waals surface area contributed by atoms with Gasteiger partial charge in [-0.1, -0.05) is 6.08 Å². The van der Waals surface area contributed by atoms with E-state index in [0.29, 0.717) is 6.07 Å².